The van der Waals surface area contributed by atoms with E-state index >= 15 is 0 Å². The topological polar surface area (TPSA) is 37.4 Å². The fraction of sp³-hybridized carbons (Fsp3) is 0.714. The molecule has 0 radical (unpaired) electrons. The van der Waals surface area contributed by atoms with Crippen LogP contribution in [0.4, 0.5) is 13.2 Å². The molecule has 6 heteroatoms. The zero-order valence-corrected chi connectivity index (χ0v) is 6.89. The molecule has 1 heterocycles. The van der Waals surface area contributed by atoms with Gasteiger partial charge in [-0.1, -0.05) is 0 Å². The smallest absolute Gasteiger partial charge is 0.345 e. The first-order chi connectivity index (χ1) is 5.84. The quantitative estimate of drug-likeness (QED) is 0.574. The minimum absolute atomic E-state index is 0.0341. The number of nitrogens with zero attached hydrogens (tertiary/aromatic N) is 1. The summed E-state index contributed by atoms with van der Waals surface area (Å²) in [6.07, 6.45) is -4.93. The number of Topliss-reactive ketones (excluding diaryl/α,β-unsaturated/α-hetero) is 1. The van der Waals surface area contributed by atoms with Crippen molar-refractivity contribution in [1.82, 2.24) is 4.90 Å². The van der Waals surface area contributed by atoms with Crippen LogP contribution in [0.1, 0.15) is 6.42 Å². The third-order valence-electron chi connectivity index (χ3n) is 2.02. The van der Waals surface area contributed by atoms with E-state index in [0.29, 0.717) is 0 Å². The number of hydrogen-bond acceptors (Lipinski definition) is 2. The molecule has 0 saturated carbocycles. The van der Waals surface area contributed by atoms with Gasteiger partial charge in [0.25, 0.3) is 0 Å². The molecule has 1 aliphatic rings. The zero-order valence-electron chi connectivity index (χ0n) is 6.89. The Morgan fingerprint density at radius 1 is 1.54 bits per heavy atom. The SMILES string of the molecule is CN1CCC(C(=O)C(F)(F)F)C1=O. The normalized spacial score (nSPS) is 23.8. The van der Waals surface area contributed by atoms with Crippen molar-refractivity contribution in [2.24, 2.45) is 5.92 Å². The molecule has 1 fully saturated rings. The highest BCUT2D eigenvalue weighted by molar-refractivity contribution is 6.04. The molecule has 1 amide bonds. The molecular formula is C7H8F3NO2. The monoisotopic (exact) mass is 195 g/mol. The first kappa shape index (κ1) is 10.0. The molecule has 0 bridgehead atoms. The van der Waals surface area contributed by atoms with Gasteiger partial charge in [0.05, 0.1) is 0 Å². The van der Waals surface area contributed by atoms with Gasteiger partial charge in [-0.2, -0.15) is 13.2 Å². The van der Waals surface area contributed by atoms with Gasteiger partial charge in [-0.05, 0) is 6.42 Å². The third kappa shape index (κ3) is 1.81. The first-order valence-electron chi connectivity index (χ1n) is 3.70. The van der Waals surface area contributed by atoms with Crippen LogP contribution in [0.25, 0.3) is 0 Å². The van der Waals surface area contributed by atoms with Crippen molar-refractivity contribution >= 4 is 11.7 Å². The second kappa shape index (κ2) is 3.01. The second-order valence-corrected chi connectivity index (χ2v) is 2.96. The predicted molar refractivity (Wildman–Crippen MR) is 36.8 cm³/mol. The lowest BCUT2D eigenvalue weighted by molar-refractivity contribution is -0.176. The third-order valence-corrected chi connectivity index (χ3v) is 2.02. The number of hydrogen-bond donors (Lipinski definition) is 0. The van der Waals surface area contributed by atoms with E-state index in [2.05, 4.69) is 0 Å². The fourth-order valence-electron chi connectivity index (χ4n) is 1.26. The Bertz CT molecular complexity index is 249. The van der Waals surface area contributed by atoms with Crippen LogP contribution in [0, 0.1) is 5.92 Å². The lowest BCUT2D eigenvalue weighted by atomic mass is 10.0. The lowest BCUT2D eigenvalue weighted by Gasteiger charge is -2.10. The summed E-state index contributed by atoms with van der Waals surface area (Å²) >= 11 is 0. The maximum atomic E-state index is 11.9. The van der Waals surface area contributed by atoms with Gasteiger partial charge < -0.3 is 4.90 Å². The molecule has 0 aliphatic carbocycles. The van der Waals surface area contributed by atoms with Crippen molar-refractivity contribution in [3.05, 3.63) is 0 Å². The van der Waals surface area contributed by atoms with Crippen molar-refractivity contribution in [3.63, 3.8) is 0 Å². The van der Waals surface area contributed by atoms with Crippen molar-refractivity contribution in [2.75, 3.05) is 13.6 Å². The standard InChI is InChI=1S/C7H8F3NO2/c1-11-3-2-4(6(11)13)5(12)7(8,9)10/h4H,2-3H2,1H3. The molecule has 0 aromatic carbocycles. The number of ketones is 1. The van der Waals surface area contributed by atoms with Gasteiger partial charge in [-0.15, -0.1) is 0 Å². The average Bonchev–Trinajstić information content (AvgIpc) is 2.30. The van der Waals surface area contributed by atoms with Crippen molar-refractivity contribution in [2.45, 2.75) is 12.6 Å². The largest absolute Gasteiger partial charge is 0.450 e. The Labute approximate surface area is 72.5 Å². The highest BCUT2D eigenvalue weighted by Crippen LogP contribution is 2.27. The van der Waals surface area contributed by atoms with Gasteiger partial charge in [0.1, 0.15) is 5.92 Å². The molecule has 3 nitrogen and oxygen atoms in total. The van der Waals surface area contributed by atoms with Crippen LogP contribution in [0.15, 0.2) is 0 Å². The van der Waals surface area contributed by atoms with Crippen LogP contribution in [0.2, 0.25) is 0 Å². The number of carbonyl (C=O) groups is 2. The summed E-state index contributed by atoms with van der Waals surface area (Å²) in [4.78, 5) is 22.8. The van der Waals surface area contributed by atoms with Crippen LogP contribution >= 0.6 is 0 Å². The maximum Gasteiger partial charge on any atom is 0.450 e. The molecule has 0 spiro atoms. The molecule has 1 rings (SSSR count). The highest BCUT2D eigenvalue weighted by atomic mass is 19.4. The Kier molecular flexibility index (Phi) is 2.32. The van der Waals surface area contributed by atoms with E-state index < -0.39 is 23.8 Å². The summed E-state index contributed by atoms with van der Waals surface area (Å²) in [6.45, 7) is 0.214. The van der Waals surface area contributed by atoms with Crippen LogP contribution in [0.3, 0.4) is 0 Å². The van der Waals surface area contributed by atoms with E-state index in [-0.39, 0.29) is 13.0 Å². The van der Waals surface area contributed by atoms with E-state index in [1.807, 2.05) is 0 Å². The summed E-state index contributed by atoms with van der Waals surface area (Å²) in [5.74, 6) is -4.17. The van der Waals surface area contributed by atoms with E-state index in [1.165, 1.54) is 7.05 Å². The Hall–Kier alpha value is -1.07. The highest BCUT2D eigenvalue weighted by Gasteiger charge is 2.48. The molecule has 74 valence electrons. The van der Waals surface area contributed by atoms with Gasteiger partial charge in [0.2, 0.25) is 11.7 Å². The predicted octanol–water partition coefficient (Wildman–Crippen LogP) is 0.596. The summed E-state index contributed by atoms with van der Waals surface area (Å²) in [7, 11) is 1.38. The van der Waals surface area contributed by atoms with E-state index in [4.69, 9.17) is 0 Å². The van der Waals surface area contributed by atoms with Crippen LogP contribution in [0.5, 0.6) is 0 Å². The van der Waals surface area contributed by atoms with E-state index in [1.54, 1.807) is 0 Å². The number of carbonyl (C=O) groups excluding carboxylic acids is 2. The maximum absolute atomic E-state index is 11.9. The van der Waals surface area contributed by atoms with Crippen molar-refractivity contribution in [1.29, 1.82) is 0 Å². The van der Waals surface area contributed by atoms with E-state index in [9.17, 15) is 22.8 Å². The Morgan fingerprint density at radius 2 is 2.08 bits per heavy atom. The molecule has 1 aliphatic heterocycles. The summed E-state index contributed by atoms with van der Waals surface area (Å²) in [5.41, 5.74) is 0. The molecule has 0 aromatic heterocycles. The molecule has 1 saturated heterocycles. The first-order valence-corrected chi connectivity index (χ1v) is 3.70. The number of amides is 1. The number of likely N-dealkylation sites (tertiary alicyclic amines) is 1. The van der Waals surface area contributed by atoms with Crippen LogP contribution in [-0.4, -0.2) is 36.4 Å². The van der Waals surface area contributed by atoms with Gasteiger partial charge >= 0.3 is 6.18 Å². The van der Waals surface area contributed by atoms with Gasteiger partial charge in [0, 0.05) is 13.6 Å². The Balaban J connectivity index is 2.75. The van der Waals surface area contributed by atoms with Gasteiger partial charge in [-0.3, -0.25) is 9.59 Å². The molecule has 0 aromatic rings. The minimum atomic E-state index is -4.90. The van der Waals surface area contributed by atoms with Crippen LogP contribution in [-0.2, 0) is 9.59 Å². The molecule has 1 unspecified atom stereocenters. The molecule has 1 atom stereocenters. The molecular weight excluding hydrogens is 187 g/mol. The fourth-order valence-corrected chi connectivity index (χ4v) is 1.26. The zero-order chi connectivity index (χ0) is 10.2. The molecule has 0 N–H and O–H groups in total. The number of alkyl halides is 3. The lowest BCUT2D eigenvalue weighted by Crippen LogP contribution is -2.35. The summed E-state index contributed by atoms with van der Waals surface area (Å²) in [6, 6.07) is 0. The second-order valence-electron chi connectivity index (χ2n) is 2.96. The summed E-state index contributed by atoms with van der Waals surface area (Å²) in [5, 5.41) is 0. The minimum Gasteiger partial charge on any atom is -0.345 e. The van der Waals surface area contributed by atoms with Crippen molar-refractivity contribution < 1.29 is 22.8 Å². The van der Waals surface area contributed by atoms with Crippen molar-refractivity contribution in [3.8, 4) is 0 Å². The van der Waals surface area contributed by atoms with Gasteiger partial charge in [-0.25, -0.2) is 0 Å². The number of rotatable bonds is 1. The van der Waals surface area contributed by atoms with E-state index in [0.717, 1.165) is 4.90 Å². The number of halogens is 3. The molecule has 13 heavy (non-hydrogen) atoms. The summed E-state index contributed by atoms with van der Waals surface area (Å²) < 4.78 is 35.6. The van der Waals surface area contributed by atoms with Gasteiger partial charge in [0.15, 0.2) is 0 Å². The Morgan fingerprint density at radius 3 is 2.38 bits per heavy atom. The van der Waals surface area contributed by atoms with Crippen LogP contribution < -0.4 is 0 Å². The average molecular weight is 195 g/mol.